The maximum atomic E-state index is 14.3. The van der Waals surface area contributed by atoms with E-state index in [-0.39, 0.29) is 47.8 Å². The molecular weight excluding hydrogens is 727 g/mol. The summed E-state index contributed by atoms with van der Waals surface area (Å²) in [4.78, 5) is 74.4. The van der Waals surface area contributed by atoms with Crippen LogP contribution in [0, 0.1) is 17.8 Å². The third kappa shape index (κ3) is 14.0. The van der Waals surface area contributed by atoms with Crippen LogP contribution in [0.1, 0.15) is 93.6 Å². The van der Waals surface area contributed by atoms with E-state index in [2.05, 4.69) is 16.0 Å². The van der Waals surface area contributed by atoms with E-state index in [0.717, 1.165) is 12.0 Å². The fourth-order valence-electron chi connectivity index (χ4n) is 8.13. The molecule has 0 aliphatic carbocycles. The minimum atomic E-state index is -0.992. The number of hydrogen-bond donors (Lipinski definition) is 4. The number of nitrogens with one attached hydrogen (secondary N) is 3. The van der Waals surface area contributed by atoms with Crippen LogP contribution in [0.15, 0.2) is 30.3 Å². The van der Waals surface area contributed by atoms with Crippen molar-refractivity contribution in [3.05, 3.63) is 35.9 Å². The molecule has 2 rings (SSSR count). The standard InChI is InChI=1S/C43H75N7O7/c1-15-27(4)37(49(12)42(55)35(29(6)44)46-41(54)36(26(2)3)48(10)11)33(56-13)25-34(51)50-23-19-22-32(50)38(57-14)28(5)39(52)45-31(40(53)47-43(7,8)9)24-30-20-17-16-18-21-30/h16-18,20-21,26-29,31-33,35-38H,15,19,22-25,44H2,1-14H3,(H,45,52)(H,46,54)(H,47,53)/t27?,28?,29?,31?,32-,33?,35?,36?,37?,38?/m0/s1. The normalized spacial score (nSPS) is 19.5. The Hall–Kier alpha value is -3.59. The smallest absolute Gasteiger partial charge is 0.246 e. The molecule has 1 aromatic rings. The molecule has 0 radical (unpaired) electrons. The van der Waals surface area contributed by atoms with E-state index < -0.39 is 59.9 Å². The first kappa shape index (κ1) is 49.6. The van der Waals surface area contributed by atoms with Crippen molar-refractivity contribution in [3.8, 4) is 0 Å². The van der Waals surface area contributed by atoms with E-state index in [9.17, 15) is 24.0 Å². The van der Waals surface area contributed by atoms with Crippen molar-refractivity contribution in [2.75, 3.05) is 41.9 Å². The van der Waals surface area contributed by atoms with Gasteiger partial charge in [0.2, 0.25) is 29.5 Å². The lowest BCUT2D eigenvalue weighted by Crippen LogP contribution is -2.62. The quantitative estimate of drug-likeness (QED) is 0.146. The van der Waals surface area contributed by atoms with Crippen LogP contribution in [-0.4, -0.2) is 140 Å². The Labute approximate surface area is 342 Å². The number of likely N-dealkylation sites (tertiary alicyclic amines) is 1. The van der Waals surface area contributed by atoms with Gasteiger partial charge in [0.15, 0.2) is 0 Å². The summed E-state index contributed by atoms with van der Waals surface area (Å²) in [5.74, 6) is -2.23. The summed E-state index contributed by atoms with van der Waals surface area (Å²) in [5.41, 5.74) is 6.74. The third-order valence-corrected chi connectivity index (χ3v) is 11.2. The molecule has 14 heteroatoms. The number of ether oxygens (including phenoxy) is 2. The van der Waals surface area contributed by atoms with E-state index >= 15 is 0 Å². The van der Waals surface area contributed by atoms with Crippen LogP contribution < -0.4 is 21.7 Å². The van der Waals surface area contributed by atoms with Crippen LogP contribution in [0.5, 0.6) is 0 Å². The topological polar surface area (TPSA) is 176 Å². The summed E-state index contributed by atoms with van der Waals surface area (Å²) in [5, 5.41) is 8.90. The molecule has 57 heavy (non-hydrogen) atoms. The number of likely N-dealkylation sites (N-methyl/N-ethyl adjacent to an activating group) is 2. The average Bonchev–Trinajstić information content (AvgIpc) is 3.62. The SMILES string of the molecule is CCC(C)C(C(CC(=O)N1CCC[C@H]1C(OC)C(C)C(=O)NC(Cc1ccccc1)C(=O)NC(C)(C)C)OC)N(C)C(=O)C(NC(=O)C(C(C)C)N(C)C)C(C)N. The summed E-state index contributed by atoms with van der Waals surface area (Å²) in [7, 11) is 8.40. The van der Waals surface area contributed by atoms with Crippen LogP contribution in [0.3, 0.4) is 0 Å². The van der Waals surface area contributed by atoms with Crippen molar-refractivity contribution in [1.82, 2.24) is 30.7 Å². The Morgan fingerprint density at radius 2 is 1.53 bits per heavy atom. The monoisotopic (exact) mass is 802 g/mol. The van der Waals surface area contributed by atoms with Gasteiger partial charge < -0.3 is 41.0 Å². The van der Waals surface area contributed by atoms with Crippen LogP contribution in [0.2, 0.25) is 0 Å². The van der Waals surface area contributed by atoms with Gasteiger partial charge in [0, 0.05) is 45.8 Å². The Balaban J connectivity index is 2.32. The second-order valence-corrected chi connectivity index (χ2v) is 17.6. The molecule has 1 aliphatic heterocycles. The number of carbonyl (C=O) groups excluding carboxylic acids is 5. The second kappa shape index (κ2) is 22.5. The zero-order valence-corrected chi connectivity index (χ0v) is 37.3. The molecule has 1 aliphatic rings. The van der Waals surface area contributed by atoms with E-state index in [0.29, 0.717) is 25.8 Å². The molecule has 0 spiro atoms. The molecule has 14 nitrogen and oxygen atoms in total. The fraction of sp³-hybridized carbons (Fsp3) is 0.744. The summed E-state index contributed by atoms with van der Waals surface area (Å²) in [6.07, 6.45) is 1.01. The molecule has 0 bridgehead atoms. The lowest BCUT2D eigenvalue weighted by molar-refractivity contribution is -0.147. The number of hydrogen-bond acceptors (Lipinski definition) is 9. The van der Waals surface area contributed by atoms with Gasteiger partial charge >= 0.3 is 0 Å². The molecule has 324 valence electrons. The predicted octanol–water partition coefficient (Wildman–Crippen LogP) is 2.97. The van der Waals surface area contributed by atoms with E-state index in [4.69, 9.17) is 15.2 Å². The summed E-state index contributed by atoms with van der Waals surface area (Å²) in [6.45, 7) is 17.5. The van der Waals surface area contributed by atoms with Crippen molar-refractivity contribution < 1.29 is 33.4 Å². The minimum Gasteiger partial charge on any atom is -0.379 e. The molecule has 9 unspecified atom stereocenters. The van der Waals surface area contributed by atoms with Gasteiger partial charge in [0.25, 0.3) is 0 Å². The van der Waals surface area contributed by atoms with E-state index in [1.54, 1.807) is 30.7 Å². The first-order valence-corrected chi connectivity index (χ1v) is 20.6. The molecule has 1 aromatic carbocycles. The van der Waals surface area contributed by atoms with Crippen molar-refractivity contribution in [3.63, 3.8) is 0 Å². The third-order valence-electron chi connectivity index (χ3n) is 11.2. The molecule has 10 atom stereocenters. The summed E-state index contributed by atoms with van der Waals surface area (Å²) < 4.78 is 12.0. The number of nitrogens with two attached hydrogens (primary N) is 1. The van der Waals surface area contributed by atoms with Crippen LogP contribution >= 0.6 is 0 Å². The molecule has 1 saturated heterocycles. The molecular formula is C43H75N7O7. The van der Waals surface area contributed by atoms with Crippen molar-refractivity contribution in [1.29, 1.82) is 0 Å². The van der Waals surface area contributed by atoms with Gasteiger partial charge in [-0.15, -0.1) is 0 Å². The van der Waals surface area contributed by atoms with Gasteiger partial charge in [-0.05, 0) is 72.0 Å². The Morgan fingerprint density at radius 3 is 2.02 bits per heavy atom. The van der Waals surface area contributed by atoms with Gasteiger partial charge in [0.1, 0.15) is 12.1 Å². The first-order valence-electron chi connectivity index (χ1n) is 20.6. The predicted molar refractivity (Wildman–Crippen MR) is 224 cm³/mol. The highest BCUT2D eigenvalue weighted by Gasteiger charge is 2.43. The summed E-state index contributed by atoms with van der Waals surface area (Å²) in [6, 6.07) is 5.66. The van der Waals surface area contributed by atoms with Crippen LogP contribution in [0.25, 0.3) is 0 Å². The zero-order valence-electron chi connectivity index (χ0n) is 37.3. The van der Waals surface area contributed by atoms with Crippen LogP contribution in [-0.2, 0) is 39.9 Å². The molecule has 5 amide bonds. The van der Waals surface area contributed by atoms with Crippen LogP contribution in [0.4, 0.5) is 0 Å². The lowest BCUT2D eigenvalue weighted by Gasteiger charge is -2.41. The lowest BCUT2D eigenvalue weighted by atomic mass is 9.89. The van der Waals surface area contributed by atoms with Crippen molar-refractivity contribution >= 4 is 29.5 Å². The first-order chi connectivity index (χ1) is 26.6. The second-order valence-electron chi connectivity index (χ2n) is 17.6. The van der Waals surface area contributed by atoms with Crippen molar-refractivity contribution in [2.24, 2.45) is 23.5 Å². The molecule has 5 N–H and O–H groups in total. The Kier molecular flexibility index (Phi) is 19.6. The van der Waals surface area contributed by atoms with Gasteiger partial charge in [-0.3, -0.25) is 28.9 Å². The minimum absolute atomic E-state index is 0.000660. The number of amides is 5. The van der Waals surface area contributed by atoms with Gasteiger partial charge in [0.05, 0.1) is 42.7 Å². The average molecular weight is 802 g/mol. The number of rotatable bonds is 21. The van der Waals surface area contributed by atoms with Crippen molar-refractivity contribution in [2.45, 2.75) is 148 Å². The van der Waals surface area contributed by atoms with Gasteiger partial charge in [-0.2, -0.15) is 0 Å². The number of nitrogens with zero attached hydrogens (tertiary/aromatic N) is 3. The van der Waals surface area contributed by atoms with Gasteiger partial charge in [-0.25, -0.2) is 0 Å². The summed E-state index contributed by atoms with van der Waals surface area (Å²) >= 11 is 0. The highest BCUT2D eigenvalue weighted by molar-refractivity contribution is 5.91. The molecule has 1 fully saturated rings. The number of benzene rings is 1. The van der Waals surface area contributed by atoms with Gasteiger partial charge in [-0.1, -0.05) is 71.4 Å². The highest BCUT2D eigenvalue weighted by Crippen LogP contribution is 2.29. The molecule has 0 aromatic heterocycles. The Bertz CT molecular complexity index is 1440. The fourth-order valence-corrected chi connectivity index (χ4v) is 8.13. The maximum absolute atomic E-state index is 14.3. The largest absolute Gasteiger partial charge is 0.379 e. The molecule has 1 heterocycles. The van der Waals surface area contributed by atoms with E-state index in [1.807, 2.05) is 97.8 Å². The van der Waals surface area contributed by atoms with E-state index in [1.165, 1.54) is 14.2 Å². The highest BCUT2D eigenvalue weighted by atomic mass is 16.5. The maximum Gasteiger partial charge on any atom is 0.246 e. The Morgan fingerprint density at radius 1 is 0.912 bits per heavy atom. The zero-order chi connectivity index (χ0) is 43.4. The molecule has 0 saturated carbocycles. The number of carbonyl (C=O) groups is 5. The number of methoxy groups -OCH3 is 2.